The number of rotatable bonds is 4. The fourth-order valence-corrected chi connectivity index (χ4v) is 1.21. The Labute approximate surface area is 76.1 Å². The molecule has 0 spiro atoms. The minimum Gasteiger partial charge on any atom is -0.331 e. The van der Waals surface area contributed by atoms with E-state index >= 15 is 0 Å². The first-order chi connectivity index (χ1) is 5.43. The van der Waals surface area contributed by atoms with Crippen molar-refractivity contribution in [3.8, 4) is 0 Å². The molecule has 0 heterocycles. The van der Waals surface area contributed by atoms with Crippen molar-refractivity contribution in [3.05, 3.63) is 0 Å². The summed E-state index contributed by atoms with van der Waals surface area (Å²) in [6.07, 6.45) is 0.478. The van der Waals surface area contributed by atoms with Gasteiger partial charge in [0.05, 0.1) is 0 Å². The third-order valence-electron chi connectivity index (χ3n) is 1.58. The summed E-state index contributed by atoms with van der Waals surface area (Å²) in [7, 11) is 1.14. The molecule has 0 saturated heterocycles. The van der Waals surface area contributed by atoms with Crippen molar-refractivity contribution in [2.45, 2.75) is 33.4 Å². The molecule has 0 aromatic rings. The Kier molecular flexibility index (Phi) is 4.81. The zero-order chi connectivity index (χ0) is 9.72. The lowest BCUT2D eigenvalue weighted by Crippen LogP contribution is -2.26. The van der Waals surface area contributed by atoms with Crippen molar-refractivity contribution in [3.63, 3.8) is 0 Å². The number of carbonyl (C=O) groups is 1. The monoisotopic (exact) mass is 186 g/mol. The van der Waals surface area contributed by atoms with Gasteiger partial charge in [-0.3, -0.25) is 4.79 Å². The van der Waals surface area contributed by atoms with Gasteiger partial charge in [-0.25, -0.2) is 0 Å². The third-order valence-corrected chi connectivity index (χ3v) is 3.19. The Morgan fingerprint density at radius 3 is 2.25 bits per heavy atom. The van der Waals surface area contributed by atoms with Gasteiger partial charge >= 0.3 is 0 Å². The summed E-state index contributed by atoms with van der Waals surface area (Å²) in [5.41, 5.74) is 0.909. The summed E-state index contributed by atoms with van der Waals surface area (Å²) in [6.45, 7) is 7.88. The molecule has 70 valence electrons. The molecular formula is C8H18N2OSi. The molecule has 0 unspecified atom stereocenters. The zero-order valence-corrected chi connectivity index (χ0v) is 9.74. The normalized spacial score (nSPS) is 12.0. The van der Waals surface area contributed by atoms with E-state index in [2.05, 4.69) is 18.2 Å². The van der Waals surface area contributed by atoms with E-state index in [9.17, 15) is 4.79 Å². The highest BCUT2D eigenvalue weighted by molar-refractivity contribution is 6.52. The van der Waals surface area contributed by atoms with Crippen molar-refractivity contribution in [2.24, 2.45) is 5.10 Å². The molecule has 0 atom stereocenters. The summed E-state index contributed by atoms with van der Waals surface area (Å²) in [4.78, 5) is 10.7. The maximum Gasteiger partial charge on any atom is 0.156 e. The van der Waals surface area contributed by atoms with Gasteiger partial charge in [0.15, 0.2) is 8.96 Å². The Morgan fingerprint density at radius 1 is 1.42 bits per heavy atom. The molecule has 0 aromatic carbocycles. The number of hydrogen-bond acceptors (Lipinski definition) is 3. The van der Waals surface area contributed by atoms with Gasteiger partial charge in [0, 0.05) is 19.2 Å². The molecule has 12 heavy (non-hydrogen) atoms. The van der Waals surface area contributed by atoms with E-state index in [-0.39, 0.29) is 5.78 Å². The van der Waals surface area contributed by atoms with E-state index in [1.807, 2.05) is 18.6 Å². The maximum absolute atomic E-state index is 10.7. The molecule has 0 N–H and O–H groups in total. The van der Waals surface area contributed by atoms with Gasteiger partial charge in [-0.2, -0.15) is 5.10 Å². The predicted octanol–water partition coefficient (Wildman–Crippen LogP) is 1.26. The quantitative estimate of drug-likeness (QED) is 0.376. The number of ketones is 1. The van der Waals surface area contributed by atoms with Crippen LogP contribution in [0.1, 0.15) is 20.3 Å². The van der Waals surface area contributed by atoms with E-state index in [4.69, 9.17) is 0 Å². The number of hydrazone groups is 1. The molecule has 0 radical (unpaired) electrons. The third kappa shape index (κ3) is 5.07. The standard InChI is InChI=1S/C8H18N2OSi/c1-7(6-8(2)11)9-10(3)12(4)5/h12H,6H2,1-5H3. The summed E-state index contributed by atoms with van der Waals surface area (Å²) in [5.74, 6) is 0.176. The van der Waals surface area contributed by atoms with Crippen molar-refractivity contribution in [2.75, 3.05) is 7.05 Å². The summed E-state index contributed by atoms with van der Waals surface area (Å²) < 4.78 is 2.00. The van der Waals surface area contributed by atoms with Crippen LogP contribution >= 0.6 is 0 Å². The molecule has 3 nitrogen and oxygen atoms in total. The van der Waals surface area contributed by atoms with Gasteiger partial charge in [-0.1, -0.05) is 13.1 Å². The number of carbonyl (C=O) groups excluding carboxylic acids is 1. The van der Waals surface area contributed by atoms with Crippen LogP contribution in [0.15, 0.2) is 5.10 Å². The molecule has 0 aliphatic rings. The fourth-order valence-electron chi connectivity index (χ4n) is 0.780. The molecule has 0 fully saturated rings. The largest absolute Gasteiger partial charge is 0.331 e. The minimum atomic E-state index is -0.832. The van der Waals surface area contributed by atoms with Gasteiger partial charge in [0.2, 0.25) is 0 Å². The lowest BCUT2D eigenvalue weighted by Gasteiger charge is -2.17. The number of hydrogen-bond donors (Lipinski definition) is 0. The average molecular weight is 186 g/mol. The Hall–Kier alpha value is -0.643. The lowest BCUT2D eigenvalue weighted by molar-refractivity contribution is -0.115. The van der Waals surface area contributed by atoms with Crippen LogP contribution in [0.2, 0.25) is 13.1 Å². The Balaban J connectivity index is 4.06. The van der Waals surface area contributed by atoms with E-state index in [0.29, 0.717) is 6.42 Å². The maximum atomic E-state index is 10.7. The molecule has 0 aromatic heterocycles. The molecule has 4 heteroatoms. The van der Waals surface area contributed by atoms with E-state index in [1.165, 1.54) is 0 Å². The van der Waals surface area contributed by atoms with Gasteiger partial charge in [-0.15, -0.1) is 0 Å². The van der Waals surface area contributed by atoms with Crippen molar-refractivity contribution < 1.29 is 4.79 Å². The first kappa shape index (κ1) is 11.4. The SMILES string of the molecule is CC(=O)CC(C)=NN(C)[SiH](C)C. The molecular weight excluding hydrogens is 168 g/mol. The first-order valence-electron chi connectivity index (χ1n) is 4.19. The number of Topliss-reactive ketones (excluding diaryl/α,β-unsaturated/α-hetero) is 1. The van der Waals surface area contributed by atoms with Gasteiger partial charge in [0.25, 0.3) is 0 Å². The average Bonchev–Trinajstić information content (AvgIpc) is 1.84. The molecule has 0 aliphatic carbocycles. The van der Waals surface area contributed by atoms with Crippen LogP contribution < -0.4 is 0 Å². The summed E-state index contributed by atoms with van der Waals surface area (Å²) in [5, 5.41) is 4.31. The van der Waals surface area contributed by atoms with Crippen molar-refractivity contribution >= 4 is 20.5 Å². The topological polar surface area (TPSA) is 32.7 Å². The van der Waals surface area contributed by atoms with E-state index in [0.717, 1.165) is 5.71 Å². The lowest BCUT2D eigenvalue weighted by atomic mass is 10.2. The molecule has 0 saturated carbocycles. The smallest absolute Gasteiger partial charge is 0.156 e. The van der Waals surface area contributed by atoms with E-state index in [1.54, 1.807) is 6.92 Å². The minimum absolute atomic E-state index is 0.176. The highest BCUT2D eigenvalue weighted by Gasteiger charge is 2.02. The zero-order valence-electron chi connectivity index (χ0n) is 8.59. The van der Waals surface area contributed by atoms with Crippen LogP contribution in [0.25, 0.3) is 0 Å². The Bertz CT molecular complexity index is 189. The second kappa shape index (κ2) is 5.08. The van der Waals surface area contributed by atoms with Crippen LogP contribution in [0, 0.1) is 0 Å². The molecule has 0 bridgehead atoms. The second-order valence-corrected chi connectivity index (χ2v) is 6.32. The molecule has 0 rings (SSSR count). The molecule has 0 amide bonds. The second-order valence-electron chi connectivity index (χ2n) is 3.38. The van der Waals surface area contributed by atoms with Crippen LogP contribution in [0.5, 0.6) is 0 Å². The van der Waals surface area contributed by atoms with Crippen LogP contribution in [-0.2, 0) is 4.79 Å². The van der Waals surface area contributed by atoms with Crippen LogP contribution in [0.4, 0.5) is 0 Å². The van der Waals surface area contributed by atoms with Gasteiger partial charge in [0.1, 0.15) is 5.78 Å². The molecule has 0 aliphatic heterocycles. The van der Waals surface area contributed by atoms with Gasteiger partial charge in [-0.05, 0) is 13.8 Å². The van der Waals surface area contributed by atoms with E-state index < -0.39 is 8.96 Å². The summed E-state index contributed by atoms with van der Waals surface area (Å²) >= 11 is 0. The van der Waals surface area contributed by atoms with Gasteiger partial charge < -0.3 is 4.67 Å². The summed E-state index contributed by atoms with van der Waals surface area (Å²) in [6, 6.07) is 0. The highest BCUT2D eigenvalue weighted by Crippen LogP contribution is 1.95. The number of nitrogens with zero attached hydrogens (tertiary/aromatic N) is 2. The highest BCUT2D eigenvalue weighted by atomic mass is 28.3. The van der Waals surface area contributed by atoms with Crippen LogP contribution in [-0.4, -0.2) is 32.2 Å². The van der Waals surface area contributed by atoms with Crippen molar-refractivity contribution in [1.82, 2.24) is 4.67 Å². The predicted molar refractivity (Wildman–Crippen MR) is 55.0 cm³/mol. The van der Waals surface area contributed by atoms with Crippen molar-refractivity contribution in [1.29, 1.82) is 0 Å². The fraction of sp³-hybridized carbons (Fsp3) is 0.750. The van der Waals surface area contributed by atoms with Crippen LogP contribution in [0.3, 0.4) is 0 Å². The Morgan fingerprint density at radius 2 is 1.92 bits per heavy atom. The first-order valence-corrected chi connectivity index (χ1v) is 7.02.